The molecule has 0 spiro atoms. The second-order valence-corrected chi connectivity index (χ2v) is 12.3. The van der Waals surface area contributed by atoms with Crippen LogP contribution in [0.5, 0.6) is 11.5 Å². The van der Waals surface area contributed by atoms with Crippen LogP contribution in [0, 0.1) is 20.2 Å². The number of hydrogen-bond acceptors (Lipinski definition) is 10. The maximum Gasteiger partial charge on any atom is 0.340 e. The molecule has 56 heavy (non-hydrogen) atoms. The molecule has 16 heteroatoms. The van der Waals surface area contributed by atoms with E-state index < -0.39 is 9.85 Å². The van der Waals surface area contributed by atoms with Gasteiger partial charge >= 0.3 is 11.6 Å². The van der Waals surface area contributed by atoms with Crippen LogP contribution in [-0.4, -0.2) is 54.1 Å². The van der Waals surface area contributed by atoms with E-state index >= 15 is 0 Å². The van der Waals surface area contributed by atoms with Gasteiger partial charge in [-0.25, -0.2) is 0 Å². The molecule has 274 valence electrons. The van der Waals surface area contributed by atoms with Gasteiger partial charge in [0, 0.05) is 33.9 Å². The quantitative estimate of drug-likeness (QED) is 0.0838. The van der Waals surface area contributed by atoms with E-state index in [1.54, 1.807) is 38.5 Å². The van der Waals surface area contributed by atoms with Crippen LogP contribution in [0.3, 0.4) is 0 Å². The molecule has 0 aliphatic heterocycles. The van der Waals surface area contributed by atoms with Crippen LogP contribution in [0.25, 0.3) is 56.7 Å². The molecule has 8 rings (SSSR count). The molecular weight excluding hydrogens is 717 g/mol. The van der Waals surface area contributed by atoms with Crippen molar-refractivity contribution in [2.45, 2.75) is 0 Å². The minimum absolute atomic E-state index is 0.0942. The minimum atomic E-state index is -0.462. The average molecular weight is 747 g/mol. The topological polar surface area (TPSA) is 174 Å². The Balaban J connectivity index is 1.22. The molecule has 0 N–H and O–H groups in total. The molecule has 0 fully saturated rings. The summed E-state index contributed by atoms with van der Waals surface area (Å²) in [6.07, 6.45) is 0. The minimum Gasteiger partial charge on any atom is -0.492 e. The molecule has 0 unspecified atom stereocenters. The predicted octanol–water partition coefficient (Wildman–Crippen LogP) is 6.24. The number of rotatable bonds is 11. The van der Waals surface area contributed by atoms with Crippen molar-refractivity contribution in [3.05, 3.63) is 166 Å². The van der Waals surface area contributed by atoms with Crippen LogP contribution in [0.4, 0.5) is 11.4 Å². The Hall–Kier alpha value is -8.14. The molecule has 0 aliphatic rings. The number of tetrazole rings is 2. The fourth-order valence-electron chi connectivity index (χ4n) is 6.13. The van der Waals surface area contributed by atoms with Gasteiger partial charge in [-0.05, 0) is 104 Å². The molecule has 2 aromatic heterocycles. The predicted molar refractivity (Wildman–Crippen MR) is 202 cm³/mol. The van der Waals surface area contributed by atoms with Crippen LogP contribution in [-0.2, 0) is 0 Å². The second-order valence-electron chi connectivity index (χ2n) is 12.3. The number of aromatic nitrogens is 8. The van der Waals surface area contributed by atoms with Crippen LogP contribution < -0.4 is 19.1 Å². The van der Waals surface area contributed by atoms with Gasteiger partial charge in [-0.3, -0.25) is 20.2 Å². The first-order valence-corrected chi connectivity index (χ1v) is 17.1. The Morgan fingerprint density at radius 3 is 1.29 bits per heavy atom. The highest BCUT2D eigenvalue weighted by molar-refractivity contribution is 5.70. The van der Waals surface area contributed by atoms with Gasteiger partial charge in [0.1, 0.15) is 11.4 Å². The van der Waals surface area contributed by atoms with E-state index in [0.717, 1.165) is 22.3 Å². The van der Waals surface area contributed by atoms with Crippen LogP contribution in [0.1, 0.15) is 0 Å². The molecular formula is C40H30N10O6+2. The largest absolute Gasteiger partial charge is 0.492 e. The molecule has 8 aromatic rings. The van der Waals surface area contributed by atoms with Crippen molar-refractivity contribution in [1.82, 2.24) is 30.0 Å². The zero-order valence-corrected chi connectivity index (χ0v) is 29.8. The highest BCUT2D eigenvalue weighted by Gasteiger charge is 2.29. The summed E-state index contributed by atoms with van der Waals surface area (Å²) in [4.78, 5) is 28.4. The third-order valence-corrected chi connectivity index (χ3v) is 8.85. The maximum absolute atomic E-state index is 11.7. The highest BCUT2D eigenvalue weighted by Crippen LogP contribution is 2.32. The van der Waals surface area contributed by atoms with Crippen molar-refractivity contribution >= 4 is 11.4 Å². The number of nitro benzene ring substituents is 2. The number of ether oxygens (including phenoxy) is 2. The van der Waals surface area contributed by atoms with E-state index in [-0.39, 0.29) is 11.4 Å². The summed E-state index contributed by atoms with van der Waals surface area (Å²) in [7, 11) is 3.08. The summed E-state index contributed by atoms with van der Waals surface area (Å²) in [5.41, 5.74) is 4.76. The average Bonchev–Trinajstić information content (AvgIpc) is 3.90. The summed E-state index contributed by atoms with van der Waals surface area (Å²) >= 11 is 0. The lowest BCUT2D eigenvalue weighted by atomic mass is 10.0. The number of benzene rings is 6. The molecule has 2 heterocycles. The third kappa shape index (κ3) is 6.64. The van der Waals surface area contributed by atoms with Gasteiger partial charge in [-0.1, -0.05) is 48.5 Å². The molecule has 0 saturated heterocycles. The van der Waals surface area contributed by atoms with Gasteiger partial charge in [0.05, 0.1) is 45.4 Å². The fourth-order valence-corrected chi connectivity index (χ4v) is 6.13. The summed E-state index contributed by atoms with van der Waals surface area (Å²) < 4.78 is 11.8. The van der Waals surface area contributed by atoms with Crippen LogP contribution in [0.2, 0.25) is 0 Å². The number of hydrogen-bond donors (Lipinski definition) is 0. The van der Waals surface area contributed by atoms with Gasteiger partial charge < -0.3 is 9.47 Å². The van der Waals surface area contributed by atoms with Gasteiger partial charge in [0.2, 0.25) is 11.4 Å². The Morgan fingerprint density at radius 2 is 0.911 bits per heavy atom. The Kier molecular flexibility index (Phi) is 9.17. The third-order valence-electron chi connectivity index (χ3n) is 8.85. The molecule has 0 atom stereocenters. The molecule has 16 nitrogen and oxygen atoms in total. The molecule has 0 radical (unpaired) electrons. The van der Waals surface area contributed by atoms with Crippen molar-refractivity contribution in [3.8, 4) is 68.2 Å². The first kappa shape index (κ1) is 34.9. The molecule has 0 saturated carbocycles. The molecule has 6 aromatic carbocycles. The first-order valence-electron chi connectivity index (χ1n) is 17.1. The van der Waals surface area contributed by atoms with Gasteiger partial charge in [-0.15, -0.1) is 0 Å². The summed E-state index contributed by atoms with van der Waals surface area (Å²) in [6, 6.07) is 42.2. The van der Waals surface area contributed by atoms with Crippen molar-refractivity contribution in [1.29, 1.82) is 0 Å². The van der Waals surface area contributed by atoms with E-state index in [2.05, 4.69) is 0 Å². The lowest BCUT2D eigenvalue weighted by Crippen LogP contribution is -2.43. The maximum atomic E-state index is 11.7. The zero-order chi connectivity index (χ0) is 38.8. The van der Waals surface area contributed by atoms with E-state index in [4.69, 9.17) is 29.9 Å². The Bertz CT molecular complexity index is 2560. The highest BCUT2D eigenvalue weighted by atomic mass is 16.6. The number of methoxy groups -OCH3 is 2. The molecule has 0 amide bonds. The van der Waals surface area contributed by atoms with Crippen LogP contribution >= 0.6 is 0 Å². The van der Waals surface area contributed by atoms with E-state index in [0.29, 0.717) is 45.9 Å². The number of non-ortho nitro benzene ring substituents is 2. The molecule has 0 bridgehead atoms. The molecule has 0 aliphatic carbocycles. The van der Waals surface area contributed by atoms with Gasteiger partial charge in [0.25, 0.3) is 11.4 Å². The fraction of sp³-hybridized carbons (Fsp3) is 0.0500. The SMILES string of the molecule is COc1cc(-c2ccc(-[n+]3nc(-c4ccccc4)nn3-c3cccc([N+](=O)[O-])c3)c(OC)c2)ccc1-[n+]1nc(-c2ccccc2)nn1-c1cccc([N+](=O)[O-])c1. The van der Waals surface area contributed by atoms with Crippen molar-refractivity contribution < 1.29 is 28.9 Å². The van der Waals surface area contributed by atoms with E-state index in [1.807, 2.05) is 97.1 Å². The van der Waals surface area contributed by atoms with Crippen LogP contribution in [0.15, 0.2) is 146 Å². The van der Waals surface area contributed by atoms with Crippen molar-refractivity contribution in [2.24, 2.45) is 0 Å². The van der Waals surface area contributed by atoms with Gasteiger partial charge in [0.15, 0.2) is 11.5 Å². The monoisotopic (exact) mass is 746 g/mol. The smallest absolute Gasteiger partial charge is 0.340 e. The van der Waals surface area contributed by atoms with Crippen molar-refractivity contribution in [2.75, 3.05) is 14.2 Å². The standard InChI is InChI=1S/C40H30N10O6/c1-55-37-23-29(19-21-35(37)47-43-39(27-11-5-3-6-12-27)41-45(47)31-15-9-17-33(25-31)49(51)52)30-20-22-36(38(24-30)56-2)48-44-40(28-13-7-4-8-14-28)42-46(48)32-16-10-18-34(26-32)50(53)54/h3-26H,1-2H3/q+2. The van der Waals surface area contributed by atoms with E-state index in [1.165, 1.54) is 43.5 Å². The summed E-state index contributed by atoms with van der Waals surface area (Å²) in [5, 5.41) is 42.4. The normalized spacial score (nSPS) is 11.0. The summed E-state index contributed by atoms with van der Waals surface area (Å²) in [6.45, 7) is 0. The summed E-state index contributed by atoms with van der Waals surface area (Å²) in [5.74, 6) is 1.69. The van der Waals surface area contributed by atoms with Crippen molar-refractivity contribution in [3.63, 3.8) is 0 Å². The Morgan fingerprint density at radius 1 is 0.500 bits per heavy atom. The van der Waals surface area contributed by atoms with Gasteiger partial charge in [-0.2, -0.15) is 0 Å². The first-order chi connectivity index (χ1) is 27.3. The lowest BCUT2D eigenvalue weighted by Gasteiger charge is -2.11. The Labute approximate surface area is 317 Å². The lowest BCUT2D eigenvalue weighted by molar-refractivity contribution is -0.734. The number of nitrogens with zero attached hydrogens (tertiary/aromatic N) is 10. The number of nitro groups is 2. The second kappa shape index (κ2) is 14.7. The zero-order valence-electron chi connectivity index (χ0n) is 29.8. The van der Waals surface area contributed by atoms with E-state index in [9.17, 15) is 20.2 Å².